The van der Waals surface area contributed by atoms with Crippen molar-refractivity contribution in [1.82, 2.24) is 4.72 Å². The van der Waals surface area contributed by atoms with E-state index in [1.54, 1.807) is 12.1 Å². The van der Waals surface area contributed by atoms with Crippen molar-refractivity contribution in [2.75, 3.05) is 14.2 Å². The van der Waals surface area contributed by atoms with Gasteiger partial charge >= 0.3 is 6.18 Å². The summed E-state index contributed by atoms with van der Waals surface area (Å²) in [5.74, 6) is 0.808. The number of sulfonamides is 1. The molecule has 0 unspecified atom stereocenters. The highest BCUT2D eigenvalue weighted by molar-refractivity contribution is 7.89. The summed E-state index contributed by atoms with van der Waals surface area (Å²) in [7, 11) is -1.64. The minimum atomic E-state index is -4.87. The monoisotopic (exact) mass is 409 g/mol. The third-order valence-corrected chi connectivity index (χ3v) is 5.17. The van der Waals surface area contributed by atoms with Gasteiger partial charge in [0.2, 0.25) is 10.0 Å². The number of rotatable bonds is 6. The molecule has 0 saturated carbocycles. The number of hydrogen-bond acceptors (Lipinski definition) is 4. The van der Waals surface area contributed by atoms with Crippen molar-refractivity contribution in [1.29, 1.82) is 0 Å². The zero-order chi connectivity index (χ0) is 19.5. The molecule has 5 nitrogen and oxygen atoms in total. The van der Waals surface area contributed by atoms with Gasteiger partial charge in [-0.2, -0.15) is 13.2 Å². The molecule has 0 saturated heterocycles. The third-order valence-electron chi connectivity index (χ3n) is 3.48. The first-order valence-corrected chi connectivity index (χ1v) is 9.02. The summed E-state index contributed by atoms with van der Waals surface area (Å²) in [6, 6.07) is 7.16. The minimum absolute atomic E-state index is 0.217. The van der Waals surface area contributed by atoms with Crippen LogP contribution < -0.4 is 14.2 Å². The van der Waals surface area contributed by atoms with E-state index in [-0.39, 0.29) is 11.6 Å². The van der Waals surface area contributed by atoms with Crippen LogP contribution in [0.4, 0.5) is 13.2 Å². The number of alkyl halides is 3. The topological polar surface area (TPSA) is 64.6 Å². The number of benzene rings is 2. The Morgan fingerprint density at radius 2 is 1.77 bits per heavy atom. The van der Waals surface area contributed by atoms with E-state index in [1.165, 1.54) is 20.3 Å². The van der Waals surface area contributed by atoms with Gasteiger partial charge in [-0.1, -0.05) is 11.6 Å². The molecule has 10 heteroatoms. The van der Waals surface area contributed by atoms with E-state index in [4.69, 9.17) is 21.1 Å². The first-order chi connectivity index (χ1) is 12.1. The van der Waals surface area contributed by atoms with Gasteiger partial charge in [-0.3, -0.25) is 0 Å². The van der Waals surface area contributed by atoms with Crippen LogP contribution in [0.5, 0.6) is 11.5 Å². The Morgan fingerprint density at radius 1 is 1.08 bits per heavy atom. The molecular formula is C16H15ClF3NO4S. The fourth-order valence-electron chi connectivity index (χ4n) is 2.23. The Morgan fingerprint density at radius 3 is 2.35 bits per heavy atom. The van der Waals surface area contributed by atoms with E-state index in [0.717, 1.165) is 12.1 Å². The molecule has 2 aromatic rings. The maximum absolute atomic E-state index is 13.2. The standard InChI is InChI=1S/C16H15ClF3NO4S/c1-24-12-4-5-14(25-2)10(7-12)9-21-26(22,23)15-6-3-11(17)8-13(15)16(18,19)20/h3-8,21H,9H2,1-2H3. The Kier molecular flexibility index (Phi) is 6.05. The summed E-state index contributed by atoms with van der Waals surface area (Å²) in [5, 5.41) is -0.217. The molecule has 0 aliphatic rings. The van der Waals surface area contributed by atoms with E-state index in [0.29, 0.717) is 23.1 Å². The molecule has 0 aromatic heterocycles. The minimum Gasteiger partial charge on any atom is -0.497 e. The molecule has 0 bridgehead atoms. The van der Waals surface area contributed by atoms with Crippen molar-refractivity contribution in [3.8, 4) is 11.5 Å². The van der Waals surface area contributed by atoms with Crippen LogP contribution in [0.2, 0.25) is 5.02 Å². The lowest BCUT2D eigenvalue weighted by atomic mass is 10.2. The van der Waals surface area contributed by atoms with Crippen molar-refractivity contribution < 1.29 is 31.1 Å². The molecule has 2 rings (SSSR count). The largest absolute Gasteiger partial charge is 0.497 e. The molecule has 2 aromatic carbocycles. The maximum atomic E-state index is 13.2. The molecule has 1 N–H and O–H groups in total. The van der Waals surface area contributed by atoms with Gasteiger partial charge in [-0.15, -0.1) is 0 Å². The van der Waals surface area contributed by atoms with Crippen molar-refractivity contribution in [3.63, 3.8) is 0 Å². The molecule has 0 amide bonds. The Balaban J connectivity index is 2.37. The van der Waals surface area contributed by atoms with Gasteiger partial charge in [-0.25, -0.2) is 13.1 Å². The van der Waals surface area contributed by atoms with E-state index in [1.807, 2.05) is 0 Å². The SMILES string of the molecule is COc1ccc(OC)c(CNS(=O)(=O)c2ccc(Cl)cc2C(F)(F)F)c1. The first kappa shape index (κ1) is 20.3. The average molecular weight is 410 g/mol. The third kappa shape index (κ3) is 4.60. The van der Waals surface area contributed by atoms with Gasteiger partial charge in [0.15, 0.2) is 0 Å². The van der Waals surface area contributed by atoms with Crippen LogP contribution in [-0.2, 0) is 22.7 Å². The van der Waals surface area contributed by atoms with Crippen molar-refractivity contribution in [2.45, 2.75) is 17.6 Å². The molecule has 26 heavy (non-hydrogen) atoms. The highest BCUT2D eigenvalue weighted by Crippen LogP contribution is 2.36. The number of halogens is 4. The summed E-state index contributed by atoms with van der Waals surface area (Å²) >= 11 is 5.57. The Hall–Kier alpha value is -1.97. The average Bonchev–Trinajstić information content (AvgIpc) is 2.58. The van der Waals surface area contributed by atoms with Gasteiger partial charge in [0.1, 0.15) is 11.5 Å². The lowest BCUT2D eigenvalue weighted by Crippen LogP contribution is -2.26. The molecule has 0 fully saturated rings. The van der Waals surface area contributed by atoms with Gasteiger partial charge in [0, 0.05) is 17.1 Å². The second-order valence-corrected chi connectivity index (χ2v) is 7.31. The highest BCUT2D eigenvalue weighted by Gasteiger charge is 2.37. The maximum Gasteiger partial charge on any atom is 0.417 e. The number of methoxy groups -OCH3 is 2. The summed E-state index contributed by atoms with van der Waals surface area (Å²) < 4.78 is 76.6. The second-order valence-electron chi connectivity index (χ2n) is 5.14. The second kappa shape index (κ2) is 7.73. The van der Waals surface area contributed by atoms with E-state index >= 15 is 0 Å². The molecule has 0 atom stereocenters. The number of hydrogen-bond donors (Lipinski definition) is 1. The van der Waals surface area contributed by atoms with E-state index < -0.39 is 26.7 Å². The molecule has 0 heterocycles. The van der Waals surface area contributed by atoms with Crippen molar-refractivity contribution in [2.24, 2.45) is 0 Å². The highest BCUT2D eigenvalue weighted by atomic mass is 35.5. The van der Waals surface area contributed by atoms with Gasteiger partial charge in [0.05, 0.1) is 24.7 Å². The number of ether oxygens (including phenoxy) is 2. The zero-order valence-corrected chi connectivity index (χ0v) is 15.3. The van der Waals surface area contributed by atoms with E-state index in [9.17, 15) is 21.6 Å². The smallest absolute Gasteiger partial charge is 0.417 e. The van der Waals surface area contributed by atoms with Crippen molar-refractivity contribution in [3.05, 3.63) is 52.5 Å². The lowest BCUT2D eigenvalue weighted by Gasteiger charge is -2.15. The normalized spacial score (nSPS) is 12.1. The summed E-state index contributed by atoms with van der Waals surface area (Å²) in [5.41, 5.74) is -0.937. The van der Waals surface area contributed by atoms with Gasteiger partial charge < -0.3 is 9.47 Å². The number of nitrogens with one attached hydrogen (secondary N) is 1. The summed E-state index contributed by atoms with van der Waals surface area (Å²) in [6.07, 6.45) is -4.87. The van der Waals surface area contributed by atoms with E-state index in [2.05, 4.69) is 4.72 Å². The molecule has 142 valence electrons. The fraction of sp³-hybridized carbons (Fsp3) is 0.250. The molecular weight excluding hydrogens is 395 g/mol. The quantitative estimate of drug-likeness (QED) is 0.787. The Labute approximate surface area is 153 Å². The van der Waals surface area contributed by atoms with Crippen LogP contribution in [0, 0.1) is 0 Å². The van der Waals surface area contributed by atoms with Crippen LogP contribution in [0.3, 0.4) is 0 Å². The first-order valence-electron chi connectivity index (χ1n) is 7.16. The van der Waals surface area contributed by atoms with Gasteiger partial charge in [0.25, 0.3) is 0 Å². The molecule has 0 aliphatic heterocycles. The summed E-state index contributed by atoms with van der Waals surface area (Å²) in [6.45, 7) is -0.289. The fourth-order valence-corrected chi connectivity index (χ4v) is 3.61. The summed E-state index contributed by atoms with van der Waals surface area (Å²) in [4.78, 5) is -0.906. The molecule has 0 spiro atoms. The molecule has 0 aliphatic carbocycles. The predicted molar refractivity (Wildman–Crippen MR) is 90.0 cm³/mol. The van der Waals surface area contributed by atoms with Crippen LogP contribution >= 0.6 is 11.6 Å². The van der Waals surface area contributed by atoms with Crippen LogP contribution in [0.15, 0.2) is 41.3 Å². The van der Waals surface area contributed by atoms with Crippen LogP contribution in [-0.4, -0.2) is 22.6 Å². The Bertz CT molecular complexity index is 901. The molecule has 0 radical (unpaired) electrons. The van der Waals surface area contributed by atoms with Crippen LogP contribution in [0.1, 0.15) is 11.1 Å². The predicted octanol–water partition coefficient (Wildman–Crippen LogP) is 3.85. The van der Waals surface area contributed by atoms with Crippen LogP contribution in [0.25, 0.3) is 0 Å². The van der Waals surface area contributed by atoms with Crippen molar-refractivity contribution >= 4 is 21.6 Å². The lowest BCUT2D eigenvalue weighted by molar-refractivity contribution is -0.139. The zero-order valence-electron chi connectivity index (χ0n) is 13.7. The van der Waals surface area contributed by atoms with Gasteiger partial charge in [-0.05, 0) is 36.4 Å².